The van der Waals surface area contributed by atoms with Gasteiger partial charge in [0.2, 0.25) is 0 Å². The van der Waals surface area contributed by atoms with Crippen LogP contribution in [0.15, 0.2) is 6.20 Å². The van der Waals surface area contributed by atoms with E-state index in [4.69, 9.17) is 23.2 Å². The van der Waals surface area contributed by atoms with Gasteiger partial charge in [-0.25, -0.2) is 8.78 Å². The van der Waals surface area contributed by atoms with Crippen molar-refractivity contribution in [3.63, 3.8) is 0 Å². The second kappa shape index (κ2) is 6.12. The number of pyridine rings is 1. The predicted octanol–water partition coefficient (Wildman–Crippen LogP) is 3.13. The number of aromatic nitrogens is 1. The fraction of sp³-hybridized carbons (Fsp3) is 0.400. The van der Waals surface area contributed by atoms with Crippen LogP contribution in [-0.4, -0.2) is 18.1 Å². The Hall–Kier alpha value is -0.940. The summed E-state index contributed by atoms with van der Waals surface area (Å²) in [5, 5.41) is 0.121. The number of hydrogen-bond acceptors (Lipinski definition) is 3. The molecule has 1 aromatic rings. The topological polar surface area (TPSA) is 39.2 Å². The van der Waals surface area contributed by atoms with E-state index in [2.05, 4.69) is 9.72 Å². The van der Waals surface area contributed by atoms with Gasteiger partial charge in [0.25, 0.3) is 6.43 Å². The van der Waals surface area contributed by atoms with Crippen molar-refractivity contribution < 1.29 is 18.3 Å². The minimum atomic E-state index is -2.77. The maximum atomic E-state index is 12.7. The van der Waals surface area contributed by atoms with Gasteiger partial charge in [-0.2, -0.15) is 0 Å². The molecule has 0 spiro atoms. The first kappa shape index (κ1) is 14.1. The van der Waals surface area contributed by atoms with Crippen LogP contribution in [0.3, 0.4) is 0 Å². The second-order valence-corrected chi connectivity index (χ2v) is 3.81. The molecule has 1 aromatic heterocycles. The van der Waals surface area contributed by atoms with Crippen LogP contribution in [0.4, 0.5) is 8.78 Å². The zero-order valence-electron chi connectivity index (χ0n) is 8.84. The summed E-state index contributed by atoms with van der Waals surface area (Å²) in [5.41, 5.74) is -0.137. The number of methoxy groups -OCH3 is 1. The van der Waals surface area contributed by atoms with Crippen molar-refractivity contribution in [1.29, 1.82) is 0 Å². The van der Waals surface area contributed by atoms with E-state index in [9.17, 15) is 13.6 Å². The summed E-state index contributed by atoms with van der Waals surface area (Å²) in [5.74, 6) is -0.774. The third kappa shape index (κ3) is 3.26. The zero-order chi connectivity index (χ0) is 13.0. The first-order valence-corrected chi connectivity index (χ1v) is 5.49. The molecule has 0 aromatic carbocycles. The molecule has 0 atom stereocenters. The molecule has 0 saturated carbocycles. The summed E-state index contributed by atoms with van der Waals surface area (Å²) in [6, 6.07) is 0. The maximum absolute atomic E-state index is 12.7. The summed E-state index contributed by atoms with van der Waals surface area (Å²) >= 11 is 11.4. The van der Waals surface area contributed by atoms with Gasteiger partial charge in [-0.15, -0.1) is 11.6 Å². The van der Waals surface area contributed by atoms with E-state index in [0.29, 0.717) is 0 Å². The fourth-order valence-electron chi connectivity index (χ4n) is 1.33. The van der Waals surface area contributed by atoms with Gasteiger partial charge in [-0.1, -0.05) is 11.6 Å². The summed E-state index contributed by atoms with van der Waals surface area (Å²) in [6.07, 6.45) is -1.89. The highest BCUT2D eigenvalue weighted by atomic mass is 35.5. The molecule has 0 aliphatic carbocycles. The van der Waals surface area contributed by atoms with E-state index in [-0.39, 0.29) is 28.5 Å². The lowest BCUT2D eigenvalue weighted by molar-refractivity contribution is -0.139. The average Bonchev–Trinajstić information content (AvgIpc) is 2.30. The Balaban J connectivity index is 3.25. The number of halogens is 4. The number of carbonyl (C=O) groups is 1. The smallest absolute Gasteiger partial charge is 0.310 e. The molecule has 0 saturated heterocycles. The van der Waals surface area contributed by atoms with Crippen LogP contribution < -0.4 is 0 Å². The predicted molar refractivity (Wildman–Crippen MR) is 59.5 cm³/mol. The highest BCUT2D eigenvalue weighted by molar-refractivity contribution is 6.31. The quantitative estimate of drug-likeness (QED) is 0.630. The zero-order valence-corrected chi connectivity index (χ0v) is 10.4. The van der Waals surface area contributed by atoms with Crippen molar-refractivity contribution in [2.75, 3.05) is 7.11 Å². The minimum absolute atomic E-state index is 0.0829. The van der Waals surface area contributed by atoms with E-state index in [1.165, 1.54) is 7.11 Å². The van der Waals surface area contributed by atoms with Crippen LogP contribution in [0.2, 0.25) is 5.02 Å². The van der Waals surface area contributed by atoms with Gasteiger partial charge in [0.1, 0.15) is 5.69 Å². The average molecular weight is 284 g/mol. The standard InChI is InChI=1S/C10H9Cl2F2NO2/c1-17-8(16)2-5-6(3-11)9(10(13)14)15-4-7(5)12/h4,10H,2-3H2,1H3. The highest BCUT2D eigenvalue weighted by Crippen LogP contribution is 2.29. The lowest BCUT2D eigenvalue weighted by atomic mass is 10.0. The number of carbonyl (C=O) groups excluding carboxylic acids is 1. The van der Waals surface area contributed by atoms with Crippen LogP contribution in [0, 0.1) is 0 Å². The van der Waals surface area contributed by atoms with Crippen LogP contribution >= 0.6 is 23.2 Å². The Bertz CT molecular complexity index is 427. The number of nitrogens with zero attached hydrogens (tertiary/aromatic N) is 1. The molecule has 0 aliphatic heterocycles. The Kier molecular flexibility index (Phi) is 5.08. The van der Waals surface area contributed by atoms with Crippen molar-refractivity contribution >= 4 is 29.2 Å². The lowest BCUT2D eigenvalue weighted by Crippen LogP contribution is -2.10. The maximum Gasteiger partial charge on any atom is 0.310 e. The summed E-state index contributed by atoms with van der Waals surface area (Å²) in [6.45, 7) is 0. The number of rotatable bonds is 4. The Morgan fingerprint density at radius 1 is 1.53 bits per heavy atom. The molecule has 1 heterocycles. The fourth-order valence-corrected chi connectivity index (χ4v) is 1.85. The van der Waals surface area contributed by atoms with Gasteiger partial charge in [0, 0.05) is 12.1 Å². The van der Waals surface area contributed by atoms with E-state index >= 15 is 0 Å². The number of hydrogen-bond donors (Lipinski definition) is 0. The van der Waals surface area contributed by atoms with Crippen molar-refractivity contribution in [1.82, 2.24) is 4.98 Å². The molecule has 0 aliphatic rings. The SMILES string of the molecule is COC(=O)Cc1c(Cl)cnc(C(F)F)c1CCl. The largest absolute Gasteiger partial charge is 0.469 e. The van der Waals surface area contributed by atoms with Crippen molar-refractivity contribution in [3.05, 3.63) is 28.0 Å². The summed E-state index contributed by atoms with van der Waals surface area (Å²) in [7, 11) is 1.20. The minimum Gasteiger partial charge on any atom is -0.469 e. The third-order valence-corrected chi connectivity index (χ3v) is 2.76. The van der Waals surface area contributed by atoms with E-state index in [1.54, 1.807) is 0 Å². The molecular weight excluding hydrogens is 275 g/mol. The van der Waals surface area contributed by atoms with Gasteiger partial charge >= 0.3 is 5.97 Å². The molecule has 0 unspecified atom stereocenters. The Labute approximate surface area is 107 Å². The number of alkyl halides is 3. The van der Waals surface area contributed by atoms with Gasteiger partial charge in [-0.3, -0.25) is 9.78 Å². The van der Waals surface area contributed by atoms with Crippen LogP contribution in [0.25, 0.3) is 0 Å². The molecule has 0 N–H and O–H groups in total. The molecular formula is C10H9Cl2F2NO2. The number of ether oxygens (including phenoxy) is 1. The molecule has 94 valence electrons. The van der Waals surface area contributed by atoms with E-state index < -0.39 is 18.1 Å². The molecule has 0 fully saturated rings. The van der Waals surface area contributed by atoms with Crippen molar-refractivity contribution in [3.8, 4) is 0 Å². The molecule has 3 nitrogen and oxygen atoms in total. The molecule has 0 amide bonds. The van der Waals surface area contributed by atoms with Gasteiger partial charge in [0.05, 0.1) is 18.6 Å². The van der Waals surface area contributed by atoms with Crippen molar-refractivity contribution in [2.45, 2.75) is 18.7 Å². The van der Waals surface area contributed by atoms with E-state index in [1.807, 2.05) is 0 Å². The van der Waals surface area contributed by atoms with Crippen LogP contribution in [0.1, 0.15) is 23.2 Å². The molecule has 0 bridgehead atoms. The van der Waals surface area contributed by atoms with E-state index in [0.717, 1.165) is 6.20 Å². The normalized spacial score (nSPS) is 10.7. The molecule has 17 heavy (non-hydrogen) atoms. The Morgan fingerprint density at radius 2 is 2.18 bits per heavy atom. The summed E-state index contributed by atoms with van der Waals surface area (Å²) in [4.78, 5) is 14.7. The monoisotopic (exact) mass is 283 g/mol. The highest BCUT2D eigenvalue weighted by Gasteiger charge is 2.21. The third-order valence-electron chi connectivity index (χ3n) is 2.17. The first-order chi connectivity index (χ1) is 8.01. The Morgan fingerprint density at radius 3 is 2.65 bits per heavy atom. The van der Waals surface area contributed by atoms with Crippen molar-refractivity contribution in [2.24, 2.45) is 0 Å². The van der Waals surface area contributed by atoms with Gasteiger partial charge in [0.15, 0.2) is 0 Å². The molecule has 1 rings (SSSR count). The second-order valence-electron chi connectivity index (χ2n) is 3.14. The summed E-state index contributed by atoms with van der Waals surface area (Å²) < 4.78 is 29.8. The van der Waals surface area contributed by atoms with Gasteiger partial charge in [-0.05, 0) is 11.1 Å². The van der Waals surface area contributed by atoms with Crippen LogP contribution in [-0.2, 0) is 21.8 Å². The lowest BCUT2D eigenvalue weighted by Gasteiger charge is -2.12. The molecule has 0 radical (unpaired) electrons. The first-order valence-electron chi connectivity index (χ1n) is 4.58. The van der Waals surface area contributed by atoms with Crippen LogP contribution in [0.5, 0.6) is 0 Å². The number of esters is 1. The molecule has 7 heteroatoms. The van der Waals surface area contributed by atoms with Gasteiger partial charge < -0.3 is 4.74 Å².